The smallest absolute Gasteiger partial charge is 0.331 e. The fourth-order valence-electron chi connectivity index (χ4n) is 5.00. The number of para-hydroxylation sites is 1. The topological polar surface area (TPSA) is 76.3 Å². The zero-order valence-electron chi connectivity index (χ0n) is 20.1. The molecule has 1 saturated carbocycles. The third-order valence-corrected chi connectivity index (χ3v) is 6.96. The first kappa shape index (κ1) is 24.0. The lowest BCUT2D eigenvalue weighted by atomic mass is 9.94. The van der Waals surface area contributed by atoms with Crippen molar-refractivity contribution in [1.29, 1.82) is 0 Å². The molecule has 1 aliphatic rings. The van der Waals surface area contributed by atoms with Crippen molar-refractivity contribution in [3.8, 4) is 0 Å². The highest BCUT2D eigenvalue weighted by atomic mass is 16.2. The molecule has 7 nitrogen and oxygen atoms in total. The molecular weight excluding hydrogens is 428 g/mol. The normalized spacial score (nSPS) is 14.6. The van der Waals surface area contributed by atoms with Gasteiger partial charge in [0.1, 0.15) is 6.54 Å². The number of carbonyl (C=O) groups excluding carboxylic acids is 1. The Balaban J connectivity index is 1.48. The summed E-state index contributed by atoms with van der Waals surface area (Å²) >= 11 is 0. The molecule has 1 aromatic heterocycles. The van der Waals surface area contributed by atoms with Crippen molar-refractivity contribution >= 4 is 16.8 Å². The van der Waals surface area contributed by atoms with Crippen molar-refractivity contribution < 1.29 is 4.79 Å². The summed E-state index contributed by atoms with van der Waals surface area (Å²) in [5, 5.41) is 3.42. The Bertz CT molecular complexity index is 1270. The van der Waals surface area contributed by atoms with Gasteiger partial charge in [-0.05, 0) is 50.1 Å². The number of nitrogens with zero attached hydrogens (tertiary/aromatic N) is 3. The van der Waals surface area contributed by atoms with E-state index < -0.39 is 5.69 Å². The van der Waals surface area contributed by atoms with E-state index in [2.05, 4.69) is 23.3 Å². The number of amides is 1. The molecule has 1 heterocycles. The van der Waals surface area contributed by atoms with Crippen LogP contribution in [0.15, 0.2) is 58.1 Å². The molecule has 1 fully saturated rings. The lowest BCUT2D eigenvalue weighted by Gasteiger charge is -2.31. The van der Waals surface area contributed by atoms with Crippen molar-refractivity contribution in [2.75, 3.05) is 7.05 Å². The SMILES string of the molecule is CCn1c(=O)c2ccccc2n(CC(=O)NCc2ccccc2CN(C)C2CCCCC2)c1=O. The van der Waals surface area contributed by atoms with Crippen LogP contribution in [-0.2, 0) is 31.0 Å². The highest BCUT2D eigenvalue weighted by molar-refractivity contribution is 5.81. The van der Waals surface area contributed by atoms with Gasteiger partial charge < -0.3 is 5.32 Å². The molecule has 4 rings (SSSR count). The predicted molar refractivity (Wildman–Crippen MR) is 135 cm³/mol. The molecule has 2 aromatic carbocycles. The van der Waals surface area contributed by atoms with Crippen molar-refractivity contribution in [3.63, 3.8) is 0 Å². The molecule has 0 saturated heterocycles. The van der Waals surface area contributed by atoms with Crippen molar-refractivity contribution in [3.05, 3.63) is 80.5 Å². The van der Waals surface area contributed by atoms with E-state index in [1.54, 1.807) is 31.2 Å². The highest BCUT2D eigenvalue weighted by Crippen LogP contribution is 2.23. The molecule has 0 spiro atoms. The summed E-state index contributed by atoms with van der Waals surface area (Å²) in [7, 11) is 2.19. The van der Waals surface area contributed by atoms with Gasteiger partial charge in [0.25, 0.3) is 5.56 Å². The second-order valence-electron chi connectivity index (χ2n) is 9.19. The third-order valence-electron chi connectivity index (χ3n) is 6.96. The molecule has 7 heteroatoms. The molecular formula is C27H34N4O3. The van der Waals surface area contributed by atoms with Gasteiger partial charge in [-0.3, -0.25) is 23.6 Å². The molecule has 34 heavy (non-hydrogen) atoms. The summed E-state index contributed by atoms with van der Waals surface area (Å²) in [5.41, 5.74) is 1.98. The van der Waals surface area contributed by atoms with Gasteiger partial charge in [0, 0.05) is 25.7 Å². The number of aromatic nitrogens is 2. The summed E-state index contributed by atoms with van der Waals surface area (Å²) in [5.74, 6) is -0.260. The van der Waals surface area contributed by atoms with Crippen molar-refractivity contribution in [1.82, 2.24) is 19.4 Å². The largest absolute Gasteiger partial charge is 0.350 e. The van der Waals surface area contributed by atoms with E-state index in [1.807, 2.05) is 18.2 Å². The van der Waals surface area contributed by atoms with Gasteiger partial charge in [0.2, 0.25) is 5.91 Å². The highest BCUT2D eigenvalue weighted by Gasteiger charge is 2.19. The second kappa shape index (κ2) is 10.8. The maximum atomic E-state index is 12.9. The first-order valence-corrected chi connectivity index (χ1v) is 12.3. The average molecular weight is 463 g/mol. The minimum absolute atomic E-state index is 0.135. The minimum Gasteiger partial charge on any atom is -0.350 e. The lowest BCUT2D eigenvalue weighted by molar-refractivity contribution is -0.121. The second-order valence-corrected chi connectivity index (χ2v) is 9.19. The monoisotopic (exact) mass is 462 g/mol. The number of fused-ring (bicyclic) bond motifs is 1. The van der Waals surface area contributed by atoms with E-state index in [9.17, 15) is 14.4 Å². The Morgan fingerprint density at radius 1 is 0.971 bits per heavy atom. The maximum absolute atomic E-state index is 12.9. The molecule has 1 N–H and O–H groups in total. The first-order valence-electron chi connectivity index (χ1n) is 12.3. The third kappa shape index (κ3) is 5.14. The molecule has 0 bridgehead atoms. The van der Waals surface area contributed by atoms with Crippen LogP contribution >= 0.6 is 0 Å². The predicted octanol–water partition coefficient (Wildman–Crippen LogP) is 3.26. The Kier molecular flexibility index (Phi) is 7.63. The van der Waals surface area contributed by atoms with Gasteiger partial charge in [-0.15, -0.1) is 0 Å². The molecule has 0 unspecified atom stereocenters. The first-order chi connectivity index (χ1) is 16.5. The molecule has 1 amide bonds. The summed E-state index contributed by atoms with van der Waals surface area (Å²) < 4.78 is 2.56. The Morgan fingerprint density at radius 2 is 1.65 bits per heavy atom. The van der Waals surface area contributed by atoms with Gasteiger partial charge in [0.15, 0.2) is 0 Å². The van der Waals surface area contributed by atoms with Crippen LogP contribution in [0.3, 0.4) is 0 Å². The van der Waals surface area contributed by atoms with Crippen LogP contribution in [0.4, 0.5) is 0 Å². The molecule has 180 valence electrons. The number of nitrogens with one attached hydrogen (secondary N) is 1. The fraction of sp³-hybridized carbons (Fsp3) is 0.444. The number of carbonyl (C=O) groups is 1. The van der Waals surface area contributed by atoms with Crippen LogP contribution in [0.1, 0.15) is 50.2 Å². The van der Waals surface area contributed by atoms with Crippen LogP contribution < -0.4 is 16.6 Å². The van der Waals surface area contributed by atoms with E-state index in [4.69, 9.17) is 0 Å². The number of benzene rings is 2. The lowest BCUT2D eigenvalue weighted by Crippen LogP contribution is -2.42. The summed E-state index contributed by atoms with van der Waals surface area (Å²) in [4.78, 5) is 40.8. The molecule has 0 aliphatic heterocycles. The van der Waals surface area contributed by atoms with Crippen LogP contribution in [0.25, 0.3) is 10.9 Å². The van der Waals surface area contributed by atoms with Crippen LogP contribution in [0.5, 0.6) is 0 Å². The summed E-state index contributed by atoms with van der Waals surface area (Å²) in [6, 6.07) is 15.7. The van der Waals surface area contributed by atoms with Crippen LogP contribution in [-0.4, -0.2) is 33.0 Å². The Hall–Kier alpha value is -3.19. The van der Waals surface area contributed by atoms with Gasteiger partial charge in [-0.25, -0.2) is 4.79 Å². The fourth-order valence-corrected chi connectivity index (χ4v) is 5.00. The number of hydrogen-bond donors (Lipinski definition) is 1. The maximum Gasteiger partial charge on any atom is 0.331 e. The zero-order valence-corrected chi connectivity index (χ0v) is 20.1. The minimum atomic E-state index is -0.462. The van der Waals surface area contributed by atoms with Crippen LogP contribution in [0, 0.1) is 0 Å². The van der Waals surface area contributed by atoms with Gasteiger partial charge in [-0.1, -0.05) is 55.7 Å². The Labute approximate surface area is 200 Å². The molecule has 1 aliphatic carbocycles. The van der Waals surface area contributed by atoms with E-state index in [1.165, 1.54) is 46.8 Å². The van der Waals surface area contributed by atoms with E-state index >= 15 is 0 Å². The summed E-state index contributed by atoms with van der Waals surface area (Å²) in [6.45, 7) is 3.12. The van der Waals surface area contributed by atoms with E-state index in [-0.39, 0.29) is 24.6 Å². The number of hydrogen-bond acceptors (Lipinski definition) is 4. The quantitative estimate of drug-likeness (QED) is 0.558. The molecule has 0 radical (unpaired) electrons. The number of rotatable bonds is 8. The molecule has 0 atom stereocenters. The Morgan fingerprint density at radius 3 is 2.38 bits per heavy atom. The van der Waals surface area contributed by atoms with E-state index in [0.717, 1.165) is 12.1 Å². The van der Waals surface area contributed by atoms with Crippen molar-refractivity contribution in [2.45, 2.75) is 71.2 Å². The van der Waals surface area contributed by atoms with Gasteiger partial charge in [-0.2, -0.15) is 0 Å². The standard InChI is InChI=1S/C27H34N4O3/c1-3-30-26(33)23-15-9-10-16-24(23)31(27(30)34)19-25(32)28-17-20-11-7-8-12-21(20)18-29(2)22-13-5-4-6-14-22/h7-12,15-16,22H,3-6,13-14,17-19H2,1-2H3,(H,28,32). The van der Waals surface area contributed by atoms with Gasteiger partial charge in [0.05, 0.1) is 10.9 Å². The van der Waals surface area contributed by atoms with Crippen LogP contribution in [0.2, 0.25) is 0 Å². The van der Waals surface area contributed by atoms with Gasteiger partial charge >= 0.3 is 5.69 Å². The van der Waals surface area contributed by atoms with E-state index in [0.29, 0.717) is 23.5 Å². The summed E-state index contributed by atoms with van der Waals surface area (Å²) in [6.07, 6.45) is 6.43. The average Bonchev–Trinajstić information content (AvgIpc) is 2.87. The van der Waals surface area contributed by atoms with Crippen molar-refractivity contribution in [2.24, 2.45) is 0 Å². The molecule has 3 aromatic rings. The zero-order chi connectivity index (χ0) is 24.1.